The molecule has 0 aliphatic carbocycles. The van der Waals surface area contributed by atoms with E-state index in [4.69, 9.17) is 15.0 Å². The van der Waals surface area contributed by atoms with Gasteiger partial charge in [0.1, 0.15) is 16.3 Å². The predicted molar refractivity (Wildman–Crippen MR) is 73.1 cm³/mol. The Kier molecular flexibility index (Phi) is 4.32. The summed E-state index contributed by atoms with van der Waals surface area (Å²) >= 11 is 0. The number of hydrogen-bond acceptors (Lipinski definition) is 5. The predicted octanol–water partition coefficient (Wildman–Crippen LogP) is 2.32. The minimum atomic E-state index is -1.18. The van der Waals surface area contributed by atoms with Crippen molar-refractivity contribution in [2.75, 3.05) is 5.14 Å². The monoisotopic (exact) mass is 287 g/mol. The lowest BCUT2D eigenvalue weighted by Crippen LogP contribution is -2.24. The van der Waals surface area contributed by atoms with Crippen LogP contribution in [0, 0.1) is 0 Å². The zero-order valence-electron chi connectivity index (χ0n) is 11.7. The number of aromatic carboxylic acids is 1. The summed E-state index contributed by atoms with van der Waals surface area (Å²) in [7, 11) is -1.12. The highest BCUT2D eigenvalue weighted by Crippen LogP contribution is 2.33. The van der Waals surface area contributed by atoms with E-state index >= 15 is 0 Å². The van der Waals surface area contributed by atoms with Crippen molar-refractivity contribution in [1.29, 1.82) is 0 Å². The van der Waals surface area contributed by atoms with Crippen LogP contribution in [0.1, 0.15) is 65.7 Å². The molecular formula is C12H19N2O4S+. The van der Waals surface area contributed by atoms with Gasteiger partial charge in [0, 0.05) is 5.92 Å². The fourth-order valence-electron chi connectivity index (χ4n) is 1.55. The summed E-state index contributed by atoms with van der Waals surface area (Å²) in [6.45, 7) is 8.81. The van der Waals surface area contributed by atoms with Crippen LogP contribution in [-0.4, -0.2) is 27.6 Å². The zero-order chi connectivity index (χ0) is 15.0. The number of carbonyl (C=O) groups is 2. The van der Waals surface area contributed by atoms with Crippen LogP contribution in [-0.2, 0) is 4.74 Å². The molecule has 3 N–H and O–H groups in total. The van der Waals surface area contributed by atoms with Crippen molar-refractivity contribution >= 4 is 22.6 Å². The van der Waals surface area contributed by atoms with Gasteiger partial charge in [0.15, 0.2) is 0 Å². The van der Waals surface area contributed by atoms with Gasteiger partial charge in [0.2, 0.25) is 10.6 Å². The molecular weight excluding hydrogens is 268 g/mol. The Morgan fingerprint density at radius 3 is 2.21 bits per heavy atom. The van der Waals surface area contributed by atoms with Crippen molar-refractivity contribution in [2.24, 2.45) is 0 Å². The second kappa shape index (κ2) is 5.26. The first kappa shape index (κ1) is 15.6. The summed E-state index contributed by atoms with van der Waals surface area (Å²) in [5.74, 6) is -1.93. The minimum Gasteiger partial charge on any atom is -0.476 e. The number of hydrogen-bond donors (Lipinski definition) is 2. The van der Waals surface area contributed by atoms with E-state index in [0.29, 0.717) is 4.88 Å². The first-order valence-electron chi connectivity index (χ1n) is 5.82. The number of nitrogen functional groups attached to an aromatic ring is 1. The second-order valence-corrected chi connectivity index (χ2v) is 6.93. The fourth-order valence-corrected chi connectivity index (χ4v) is 3.02. The first-order valence-corrected chi connectivity index (χ1v) is 7.11. The molecule has 0 fully saturated rings. The maximum absolute atomic E-state index is 12.0. The van der Waals surface area contributed by atoms with Crippen molar-refractivity contribution < 1.29 is 19.4 Å². The number of carboxylic acid groups (broad SMARTS) is 1. The lowest BCUT2D eigenvalue weighted by atomic mass is 10.1. The van der Waals surface area contributed by atoms with Gasteiger partial charge in [-0.25, -0.2) is 9.59 Å². The smallest absolute Gasteiger partial charge is 0.415 e. The Hall–Kier alpha value is -1.47. The van der Waals surface area contributed by atoms with Gasteiger partial charge in [-0.15, -0.1) is 5.14 Å². The molecule has 106 valence electrons. The molecule has 1 aromatic heterocycles. The highest BCUT2D eigenvalue weighted by atomic mass is 32.2. The van der Waals surface area contributed by atoms with Crippen LogP contribution in [0.5, 0.6) is 0 Å². The van der Waals surface area contributed by atoms with Crippen LogP contribution in [0.25, 0.3) is 0 Å². The van der Waals surface area contributed by atoms with E-state index in [1.165, 1.54) is 0 Å². The van der Waals surface area contributed by atoms with Crippen LogP contribution in [0.4, 0.5) is 0 Å². The molecule has 0 amide bonds. The highest BCUT2D eigenvalue weighted by Gasteiger charge is 2.38. The number of rotatable bonds is 3. The maximum Gasteiger partial charge on any atom is 0.415 e. The number of nitrogens with two attached hydrogens (primary N) is 1. The number of aromatic nitrogens is 1. The third kappa shape index (κ3) is 3.51. The van der Waals surface area contributed by atoms with Crippen LogP contribution < -0.4 is 5.14 Å². The lowest BCUT2D eigenvalue weighted by molar-refractivity contribution is 0.00689. The lowest BCUT2D eigenvalue weighted by Gasteiger charge is -2.17. The third-order valence-electron chi connectivity index (χ3n) is 2.19. The average Bonchev–Trinajstić information content (AvgIpc) is 2.53. The molecule has 0 aliphatic heterocycles. The molecule has 0 saturated carbocycles. The molecule has 1 unspecified atom stereocenters. The molecule has 1 rings (SSSR count). The van der Waals surface area contributed by atoms with Gasteiger partial charge in [0.05, 0.1) is 0 Å². The molecule has 0 aliphatic rings. The molecule has 0 radical (unpaired) electrons. The normalized spacial score (nSPS) is 12.7. The molecule has 1 aromatic rings. The van der Waals surface area contributed by atoms with Gasteiger partial charge < -0.3 is 9.84 Å². The molecule has 1 atom stereocenters. The summed E-state index contributed by atoms with van der Waals surface area (Å²) < 4.78 is 5.19. The van der Waals surface area contributed by atoms with Crippen LogP contribution in [0.2, 0.25) is 0 Å². The second-order valence-electron chi connectivity index (χ2n) is 5.43. The van der Waals surface area contributed by atoms with Gasteiger partial charge in [-0.2, -0.15) is 4.98 Å². The topological polar surface area (TPSA) is 103 Å². The summed E-state index contributed by atoms with van der Waals surface area (Å²) in [6, 6.07) is 0. The van der Waals surface area contributed by atoms with E-state index in [1.54, 1.807) is 20.8 Å². The Balaban J connectivity index is 3.28. The number of esters is 1. The quantitative estimate of drug-likeness (QED) is 0.653. The third-order valence-corrected chi connectivity index (χ3v) is 4.01. The maximum atomic E-state index is 12.0. The van der Waals surface area contributed by atoms with E-state index < -0.39 is 28.2 Å². The molecule has 0 saturated heterocycles. The number of thiazole rings is 1. The molecule has 0 spiro atoms. The molecule has 0 aromatic carbocycles. The van der Waals surface area contributed by atoms with Gasteiger partial charge >= 0.3 is 16.9 Å². The SMILES string of the molecule is CC(C)c1c(C(=O)O)nc(C(=O)OC(C)(C)C)[s+]1N. The summed E-state index contributed by atoms with van der Waals surface area (Å²) in [5, 5.41) is 15.0. The molecule has 1 heterocycles. The average molecular weight is 287 g/mol. The van der Waals surface area contributed by atoms with Crippen molar-refractivity contribution in [2.45, 2.75) is 46.1 Å². The van der Waals surface area contributed by atoms with Gasteiger partial charge in [-0.1, -0.05) is 13.8 Å². The molecule has 19 heavy (non-hydrogen) atoms. The van der Waals surface area contributed by atoms with Crippen molar-refractivity contribution in [3.05, 3.63) is 15.6 Å². The molecule has 7 heteroatoms. The van der Waals surface area contributed by atoms with E-state index in [0.717, 1.165) is 0 Å². The Morgan fingerprint density at radius 2 is 1.89 bits per heavy atom. The van der Waals surface area contributed by atoms with Crippen molar-refractivity contribution in [1.82, 2.24) is 4.98 Å². The van der Waals surface area contributed by atoms with Crippen LogP contribution in [0.3, 0.4) is 0 Å². The van der Waals surface area contributed by atoms with E-state index in [2.05, 4.69) is 4.98 Å². The van der Waals surface area contributed by atoms with E-state index in [9.17, 15) is 9.59 Å². The summed E-state index contributed by atoms with van der Waals surface area (Å²) in [5.41, 5.74) is -0.810. The highest BCUT2D eigenvalue weighted by molar-refractivity contribution is 7.32. The van der Waals surface area contributed by atoms with Gasteiger partial charge in [-0.05, 0) is 20.8 Å². The van der Waals surface area contributed by atoms with Gasteiger partial charge in [-0.3, -0.25) is 0 Å². The Labute approximate surface area is 114 Å². The fraction of sp³-hybridized carbons (Fsp3) is 0.583. The van der Waals surface area contributed by atoms with E-state index in [-0.39, 0.29) is 16.6 Å². The first-order chi connectivity index (χ1) is 8.54. The number of nitrogens with zero attached hydrogens (tertiary/aromatic N) is 1. The van der Waals surface area contributed by atoms with Crippen molar-refractivity contribution in [3.63, 3.8) is 0 Å². The number of ether oxygens (including phenoxy) is 1. The summed E-state index contributed by atoms with van der Waals surface area (Å²) in [4.78, 5) is 27.5. The standard InChI is InChI=1S/C12H18N2O4S/c1-6(2)8-7(10(15)16)14-9(19(8)13)11(17)18-12(3,4)5/h6H,13H2,1-5H3/p+1. The Morgan fingerprint density at radius 1 is 1.37 bits per heavy atom. The number of carboxylic acids is 1. The van der Waals surface area contributed by atoms with Gasteiger partial charge in [0.25, 0.3) is 0 Å². The van der Waals surface area contributed by atoms with Crippen molar-refractivity contribution in [3.8, 4) is 0 Å². The molecule has 6 nitrogen and oxygen atoms in total. The zero-order valence-corrected chi connectivity index (χ0v) is 12.5. The van der Waals surface area contributed by atoms with E-state index in [1.807, 2.05) is 13.8 Å². The minimum absolute atomic E-state index is 0.0176. The van der Waals surface area contributed by atoms with Crippen LogP contribution >= 0.6 is 10.7 Å². The Bertz CT molecular complexity index is 515. The largest absolute Gasteiger partial charge is 0.476 e. The van der Waals surface area contributed by atoms with Crippen LogP contribution in [0.15, 0.2) is 0 Å². The number of carbonyl (C=O) groups excluding carboxylic acids is 1. The summed E-state index contributed by atoms with van der Waals surface area (Å²) in [6.07, 6.45) is 0. The molecule has 0 bridgehead atoms.